The fourth-order valence-electron chi connectivity index (χ4n) is 2.57. The molecular weight excluding hydrogens is 192 g/mol. The first kappa shape index (κ1) is 9.31. The lowest BCUT2D eigenvalue weighted by molar-refractivity contribution is 0.226. The Balaban J connectivity index is 2.28. The standard InChI is InChI=1S/C9H13F2NS/c1-2-9-3-6(10)5-12(9)8(13)7(11)4-9/h6-7H,2-5H2,1H3. The van der Waals surface area contributed by atoms with Crippen molar-refractivity contribution in [2.45, 2.75) is 44.1 Å². The molecule has 1 nitrogen and oxygen atoms in total. The first-order valence-corrected chi connectivity index (χ1v) is 5.09. The Bertz CT molecular complexity index is 246. The summed E-state index contributed by atoms with van der Waals surface area (Å²) >= 11 is 4.95. The van der Waals surface area contributed by atoms with Gasteiger partial charge < -0.3 is 4.90 Å². The highest BCUT2D eigenvalue weighted by atomic mass is 32.1. The van der Waals surface area contributed by atoms with Gasteiger partial charge in [0.1, 0.15) is 11.2 Å². The number of fused-ring (bicyclic) bond motifs is 1. The third kappa shape index (κ3) is 1.18. The zero-order valence-electron chi connectivity index (χ0n) is 7.59. The van der Waals surface area contributed by atoms with Crippen LogP contribution in [0.15, 0.2) is 0 Å². The maximum atomic E-state index is 13.3. The van der Waals surface area contributed by atoms with Gasteiger partial charge in [0.15, 0.2) is 6.17 Å². The van der Waals surface area contributed by atoms with Crippen LogP contribution in [0.4, 0.5) is 8.78 Å². The van der Waals surface area contributed by atoms with Crippen molar-refractivity contribution < 1.29 is 8.78 Å². The topological polar surface area (TPSA) is 3.24 Å². The van der Waals surface area contributed by atoms with Gasteiger partial charge in [-0.25, -0.2) is 8.78 Å². The lowest BCUT2D eigenvalue weighted by Crippen LogP contribution is -2.39. The van der Waals surface area contributed by atoms with E-state index in [4.69, 9.17) is 12.2 Å². The molecule has 2 rings (SSSR count). The van der Waals surface area contributed by atoms with Crippen molar-refractivity contribution in [2.24, 2.45) is 0 Å². The zero-order chi connectivity index (χ0) is 9.64. The van der Waals surface area contributed by atoms with Crippen LogP contribution in [0.25, 0.3) is 0 Å². The van der Waals surface area contributed by atoms with E-state index in [0.29, 0.717) is 24.4 Å². The molecule has 0 saturated carbocycles. The lowest BCUT2D eigenvalue weighted by Gasteiger charge is -2.30. The van der Waals surface area contributed by atoms with Gasteiger partial charge in [0.05, 0.1) is 6.54 Å². The van der Waals surface area contributed by atoms with Gasteiger partial charge in [0.25, 0.3) is 0 Å². The van der Waals surface area contributed by atoms with Crippen molar-refractivity contribution in [1.82, 2.24) is 4.90 Å². The maximum absolute atomic E-state index is 13.3. The van der Waals surface area contributed by atoms with E-state index >= 15 is 0 Å². The number of alkyl halides is 2. The van der Waals surface area contributed by atoms with Crippen LogP contribution in [-0.4, -0.2) is 34.3 Å². The molecule has 0 bridgehead atoms. The number of halogens is 2. The minimum Gasteiger partial charge on any atom is -0.355 e. The lowest BCUT2D eigenvalue weighted by atomic mass is 9.90. The summed E-state index contributed by atoms with van der Waals surface area (Å²) in [5, 5.41) is 0. The smallest absolute Gasteiger partial charge is 0.152 e. The van der Waals surface area contributed by atoms with Gasteiger partial charge in [-0.1, -0.05) is 19.1 Å². The Kier molecular flexibility index (Phi) is 2.06. The van der Waals surface area contributed by atoms with Gasteiger partial charge in [-0.15, -0.1) is 0 Å². The molecule has 3 atom stereocenters. The molecule has 0 spiro atoms. The molecule has 4 heteroatoms. The Morgan fingerprint density at radius 2 is 2.23 bits per heavy atom. The van der Waals surface area contributed by atoms with Crippen LogP contribution in [0.5, 0.6) is 0 Å². The third-order valence-electron chi connectivity index (χ3n) is 3.31. The molecule has 3 unspecified atom stereocenters. The van der Waals surface area contributed by atoms with Gasteiger partial charge in [-0.2, -0.15) is 0 Å². The van der Waals surface area contributed by atoms with Gasteiger partial charge in [-0.05, 0) is 6.42 Å². The van der Waals surface area contributed by atoms with Crippen molar-refractivity contribution in [3.63, 3.8) is 0 Å². The maximum Gasteiger partial charge on any atom is 0.152 e. The summed E-state index contributed by atoms with van der Waals surface area (Å²) in [6, 6.07) is 0. The van der Waals surface area contributed by atoms with Crippen LogP contribution < -0.4 is 0 Å². The Morgan fingerprint density at radius 1 is 1.54 bits per heavy atom. The summed E-state index contributed by atoms with van der Waals surface area (Å²) in [4.78, 5) is 2.10. The van der Waals surface area contributed by atoms with E-state index in [1.807, 2.05) is 6.92 Å². The largest absolute Gasteiger partial charge is 0.355 e. The Labute approximate surface area is 82.1 Å². The summed E-state index contributed by atoms with van der Waals surface area (Å²) in [7, 11) is 0. The molecule has 2 saturated heterocycles. The van der Waals surface area contributed by atoms with E-state index in [0.717, 1.165) is 6.42 Å². The van der Waals surface area contributed by atoms with Crippen molar-refractivity contribution in [3.05, 3.63) is 0 Å². The number of hydrogen-bond donors (Lipinski definition) is 0. The first-order valence-electron chi connectivity index (χ1n) is 4.69. The second kappa shape index (κ2) is 2.87. The summed E-state index contributed by atoms with van der Waals surface area (Å²) in [6.07, 6.45) is -0.228. The molecule has 2 fully saturated rings. The summed E-state index contributed by atoms with van der Waals surface area (Å²) in [5.74, 6) is 0. The van der Waals surface area contributed by atoms with Gasteiger partial charge in [-0.3, -0.25) is 0 Å². The predicted octanol–water partition coefficient (Wildman–Crippen LogP) is 2.25. The van der Waals surface area contributed by atoms with Crippen LogP contribution in [0.1, 0.15) is 26.2 Å². The predicted molar refractivity (Wildman–Crippen MR) is 51.4 cm³/mol. The van der Waals surface area contributed by atoms with E-state index in [9.17, 15) is 8.78 Å². The minimum absolute atomic E-state index is 0.296. The van der Waals surface area contributed by atoms with E-state index in [1.54, 1.807) is 4.90 Å². The average Bonchev–Trinajstić information content (AvgIpc) is 2.51. The van der Waals surface area contributed by atoms with Crippen molar-refractivity contribution in [3.8, 4) is 0 Å². The second-order valence-electron chi connectivity index (χ2n) is 4.00. The Morgan fingerprint density at radius 3 is 2.77 bits per heavy atom. The van der Waals surface area contributed by atoms with Gasteiger partial charge in [0.2, 0.25) is 0 Å². The third-order valence-corrected chi connectivity index (χ3v) is 3.78. The van der Waals surface area contributed by atoms with Gasteiger partial charge >= 0.3 is 0 Å². The fourth-order valence-corrected chi connectivity index (χ4v) is 2.92. The van der Waals surface area contributed by atoms with Crippen LogP contribution in [0.3, 0.4) is 0 Å². The minimum atomic E-state index is -1.03. The van der Waals surface area contributed by atoms with Crippen molar-refractivity contribution in [2.75, 3.05) is 6.54 Å². The molecule has 0 aromatic rings. The summed E-state index contributed by atoms with van der Waals surface area (Å²) in [6.45, 7) is 2.28. The molecule has 0 N–H and O–H groups in total. The molecule has 2 aliphatic rings. The van der Waals surface area contributed by atoms with Crippen molar-refractivity contribution >= 4 is 17.2 Å². The molecule has 0 amide bonds. The van der Waals surface area contributed by atoms with Crippen LogP contribution in [-0.2, 0) is 0 Å². The number of nitrogens with zero attached hydrogens (tertiary/aromatic N) is 1. The Hall–Kier alpha value is -0.250. The molecule has 74 valence electrons. The van der Waals surface area contributed by atoms with Gasteiger partial charge in [0, 0.05) is 18.4 Å². The summed E-state index contributed by atoms with van der Waals surface area (Å²) < 4.78 is 26.4. The quantitative estimate of drug-likeness (QED) is 0.604. The second-order valence-corrected chi connectivity index (χ2v) is 4.42. The van der Waals surface area contributed by atoms with Crippen LogP contribution in [0.2, 0.25) is 0 Å². The highest BCUT2D eigenvalue weighted by molar-refractivity contribution is 7.80. The highest BCUT2D eigenvalue weighted by Gasteiger charge is 2.53. The van der Waals surface area contributed by atoms with Crippen molar-refractivity contribution in [1.29, 1.82) is 0 Å². The highest BCUT2D eigenvalue weighted by Crippen LogP contribution is 2.44. The first-order chi connectivity index (χ1) is 6.09. The zero-order valence-corrected chi connectivity index (χ0v) is 8.41. The van der Waals surface area contributed by atoms with E-state index < -0.39 is 12.3 Å². The molecule has 0 aromatic carbocycles. The average molecular weight is 205 g/mol. The van der Waals surface area contributed by atoms with Crippen LogP contribution >= 0.6 is 12.2 Å². The molecule has 0 radical (unpaired) electrons. The number of hydrogen-bond acceptors (Lipinski definition) is 1. The monoisotopic (exact) mass is 205 g/mol. The fraction of sp³-hybridized carbons (Fsp3) is 0.889. The molecular formula is C9H13F2NS. The molecule has 2 heterocycles. The molecule has 13 heavy (non-hydrogen) atoms. The molecule has 0 aromatic heterocycles. The van der Waals surface area contributed by atoms with E-state index in [2.05, 4.69) is 0 Å². The summed E-state index contributed by atoms with van der Waals surface area (Å²) in [5.41, 5.74) is -0.296. The van der Waals surface area contributed by atoms with E-state index in [-0.39, 0.29) is 5.54 Å². The normalized spacial score (nSPS) is 44.2. The number of thiocarbonyl (C=S) groups is 1. The van der Waals surface area contributed by atoms with Crippen LogP contribution in [0, 0.1) is 0 Å². The number of rotatable bonds is 1. The molecule has 0 aliphatic carbocycles. The molecule has 2 aliphatic heterocycles. The van der Waals surface area contributed by atoms with E-state index in [1.165, 1.54) is 0 Å². The SMILES string of the molecule is CCC12CC(F)CN1C(=S)C(F)C2.